The van der Waals surface area contributed by atoms with Crippen molar-refractivity contribution in [1.82, 2.24) is 15.0 Å². The molecule has 1 aromatic heterocycles. The van der Waals surface area contributed by atoms with Gasteiger partial charge in [-0.05, 0) is 24.3 Å². The first kappa shape index (κ1) is 32.9. The van der Waals surface area contributed by atoms with Crippen LogP contribution in [0.1, 0.15) is 0 Å². The van der Waals surface area contributed by atoms with Gasteiger partial charge in [-0.3, -0.25) is 18.2 Å². The molecule has 0 radical (unpaired) electrons. The largest absolute Gasteiger partial charge is 0.321 e. The molecule has 0 aliphatic carbocycles. The Labute approximate surface area is 257 Å². The van der Waals surface area contributed by atoms with E-state index in [1.54, 1.807) is 0 Å². The molecule has 0 amide bonds. The van der Waals surface area contributed by atoms with Crippen LogP contribution in [0.3, 0.4) is 0 Å². The van der Waals surface area contributed by atoms with Crippen LogP contribution in [0, 0.1) is 11.6 Å². The predicted octanol–water partition coefficient (Wildman–Crippen LogP) is 2.93. The van der Waals surface area contributed by atoms with Gasteiger partial charge >= 0.3 is 0 Å². The molecule has 0 saturated heterocycles. The maximum Gasteiger partial charge on any atom is 0.295 e. The Hall–Kier alpha value is -4.49. The molecule has 23 heteroatoms. The zero-order chi connectivity index (χ0) is 34.0. The van der Waals surface area contributed by atoms with E-state index in [4.69, 9.17) is 0 Å². The van der Waals surface area contributed by atoms with E-state index in [2.05, 4.69) is 25.6 Å². The Morgan fingerprint density at radius 3 is 1.22 bits per heavy atom. The van der Waals surface area contributed by atoms with Gasteiger partial charge in [0.2, 0.25) is 11.9 Å². The first-order chi connectivity index (χ1) is 21.2. The van der Waals surface area contributed by atoms with Crippen molar-refractivity contribution in [2.24, 2.45) is 0 Å². The van der Waals surface area contributed by atoms with Crippen LogP contribution in [0.5, 0.6) is 0 Å². The highest BCUT2D eigenvalue weighted by atomic mass is 32.2. The van der Waals surface area contributed by atoms with E-state index in [1.807, 2.05) is 0 Å². The van der Waals surface area contributed by atoms with Gasteiger partial charge in [0.15, 0.2) is 11.6 Å². The summed E-state index contributed by atoms with van der Waals surface area (Å²) < 4.78 is 166. The monoisotopic (exact) mass is 719 g/mol. The fourth-order valence-corrected chi connectivity index (χ4v) is 7.28. The Balaban J connectivity index is 1.66. The quantitative estimate of drug-likeness (QED) is 0.126. The van der Waals surface area contributed by atoms with Crippen molar-refractivity contribution in [2.45, 2.75) is 19.6 Å². The van der Waals surface area contributed by atoms with Gasteiger partial charge in [0, 0.05) is 21.5 Å². The van der Waals surface area contributed by atoms with Crippen LogP contribution in [0.2, 0.25) is 0 Å². The number of benzene rings is 4. The van der Waals surface area contributed by atoms with Gasteiger partial charge in [-0.25, -0.2) is 18.7 Å². The van der Waals surface area contributed by atoms with E-state index in [-0.39, 0.29) is 0 Å². The molecule has 0 fully saturated rings. The van der Waals surface area contributed by atoms with E-state index in [0.717, 1.165) is 42.7 Å². The van der Waals surface area contributed by atoms with Gasteiger partial charge < -0.3 is 10.6 Å². The lowest BCUT2D eigenvalue weighted by molar-refractivity contribution is 0.480. The number of nitrogens with zero attached hydrogens (tertiary/aromatic N) is 3. The number of nitrogens with one attached hydrogen (secondary N) is 2. The van der Waals surface area contributed by atoms with Crippen molar-refractivity contribution in [3.63, 3.8) is 0 Å². The Morgan fingerprint density at radius 2 is 0.891 bits per heavy atom. The maximum atomic E-state index is 15.7. The Morgan fingerprint density at radius 1 is 0.543 bits per heavy atom. The first-order valence-corrected chi connectivity index (χ1v) is 17.6. The summed E-state index contributed by atoms with van der Waals surface area (Å²) in [7, 11) is -20.6. The highest BCUT2D eigenvalue weighted by Crippen LogP contribution is 2.38. The highest BCUT2D eigenvalue weighted by Gasteiger charge is 2.27. The number of halogens is 2. The molecule has 17 nitrogen and oxygen atoms in total. The molecule has 6 N–H and O–H groups in total. The first-order valence-electron chi connectivity index (χ1n) is 11.8. The maximum absolute atomic E-state index is 15.7. The van der Waals surface area contributed by atoms with Gasteiger partial charge in [0.25, 0.3) is 40.5 Å². The van der Waals surface area contributed by atoms with Crippen LogP contribution in [-0.4, -0.2) is 66.8 Å². The van der Waals surface area contributed by atoms with Gasteiger partial charge in [0.05, 0.1) is 11.4 Å². The minimum Gasteiger partial charge on any atom is -0.321 e. The molecule has 0 unspecified atom stereocenters. The predicted molar refractivity (Wildman–Crippen MR) is 153 cm³/mol. The Bertz CT molecular complexity index is 2390. The molecular formula is C23H15F2N5O12S4. The number of hydrogen-bond acceptors (Lipinski definition) is 13. The third-order valence-electron chi connectivity index (χ3n) is 6.22. The SMILES string of the molecule is O=S(=O)(O)c1cc(Nc2ncnc(Nc3cc(S(=O)(=O)O)c4cccc(S(=O)(=O)O)c4c3F)n2)c(F)c2c(S(=O)(=O)O)cccc12. The summed E-state index contributed by atoms with van der Waals surface area (Å²) >= 11 is 0. The van der Waals surface area contributed by atoms with Crippen molar-refractivity contribution in [3.05, 3.63) is 66.5 Å². The number of rotatable bonds is 8. The second kappa shape index (κ2) is 11.1. The molecule has 1 heterocycles. The third kappa shape index (κ3) is 6.16. The van der Waals surface area contributed by atoms with Crippen molar-refractivity contribution in [1.29, 1.82) is 0 Å². The average molecular weight is 720 g/mol. The van der Waals surface area contributed by atoms with Crippen LogP contribution in [0.25, 0.3) is 21.5 Å². The Kier molecular flexibility index (Phi) is 7.93. The van der Waals surface area contributed by atoms with Crippen LogP contribution < -0.4 is 10.6 Å². The van der Waals surface area contributed by atoms with E-state index < -0.39 is 117 Å². The zero-order valence-corrected chi connectivity index (χ0v) is 25.2. The second-order valence-corrected chi connectivity index (χ2v) is 14.7. The van der Waals surface area contributed by atoms with Gasteiger partial charge in [-0.2, -0.15) is 38.7 Å². The second-order valence-electron chi connectivity index (χ2n) is 9.11. The molecule has 5 aromatic rings. The van der Waals surface area contributed by atoms with Crippen LogP contribution in [0.4, 0.5) is 32.1 Å². The van der Waals surface area contributed by atoms with Crippen molar-refractivity contribution >= 4 is 85.3 Å². The summed E-state index contributed by atoms with van der Waals surface area (Å²) in [5, 5.41) is 1.31. The molecule has 0 aliphatic heterocycles. The number of hydrogen-bond donors (Lipinski definition) is 6. The lowest BCUT2D eigenvalue weighted by Crippen LogP contribution is -2.09. The number of anilines is 4. The fraction of sp³-hybridized carbons (Fsp3) is 0. The molecule has 4 aromatic carbocycles. The molecule has 46 heavy (non-hydrogen) atoms. The highest BCUT2D eigenvalue weighted by molar-refractivity contribution is 7.87. The van der Waals surface area contributed by atoms with Crippen molar-refractivity contribution < 1.29 is 60.7 Å². The standard InChI is InChI=1S/C23H15F2N5O12S4/c24-20-12(7-16(45(37,38)39)10-3-1-5-14(18(10)20)43(31,32)33)28-22-26-9-27-23(30-22)29-13-8-17(46(40,41)42)11-4-2-6-15(44(34,35)36)19(11)21(13)25/h1-9H,(H,31,32,33)(H,34,35,36)(H,37,38,39)(H,40,41,42)(H2,26,27,28,29,30). The molecular weight excluding hydrogens is 705 g/mol. The molecule has 0 bridgehead atoms. The fourth-order valence-electron chi connectivity index (χ4n) is 4.44. The van der Waals surface area contributed by atoms with E-state index in [0.29, 0.717) is 12.1 Å². The molecule has 0 saturated carbocycles. The summed E-state index contributed by atoms with van der Waals surface area (Å²) in [6.07, 6.45) is 0.732. The third-order valence-corrected chi connectivity index (χ3v) is 9.80. The smallest absolute Gasteiger partial charge is 0.295 e. The van der Waals surface area contributed by atoms with Gasteiger partial charge in [-0.1, -0.05) is 24.3 Å². The van der Waals surface area contributed by atoms with E-state index in [1.165, 1.54) is 0 Å². The van der Waals surface area contributed by atoms with E-state index >= 15 is 8.78 Å². The van der Waals surface area contributed by atoms with Crippen molar-refractivity contribution in [3.8, 4) is 0 Å². The molecule has 0 aliphatic rings. The molecule has 0 atom stereocenters. The lowest BCUT2D eigenvalue weighted by atomic mass is 10.1. The van der Waals surface area contributed by atoms with Crippen LogP contribution in [-0.2, 0) is 40.5 Å². The summed E-state index contributed by atoms with van der Waals surface area (Å²) in [5.74, 6) is -4.20. The van der Waals surface area contributed by atoms with Crippen LogP contribution >= 0.6 is 0 Å². The zero-order valence-electron chi connectivity index (χ0n) is 22.0. The number of aromatic nitrogens is 3. The summed E-state index contributed by atoms with van der Waals surface area (Å²) in [6, 6.07) is 6.50. The minimum atomic E-state index is -5.15. The molecule has 242 valence electrons. The van der Waals surface area contributed by atoms with Crippen molar-refractivity contribution in [2.75, 3.05) is 10.6 Å². The summed E-state index contributed by atoms with van der Waals surface area (Å²) in [6.45, 7) is 0. The summed E-state index contributed by atoms with van der Waals surface area (Å²) in [4.78, 5) is 7.05. The van der Waals surface area contributed by atoms with Gasteiger partial charge in [-0.15, -0.1) is 0 Å². The number of fused-ring (bicyclic) bond motifs is 2. The molecule has 5 rings (SSSR count). The average Bonchev–Trinajstić information content (AvgIpc) is 2.93. The summed E-state index contributed by atoms with van der Waals surface area (Å²) in [5.41, 5.74) is -1.70. The van der Waals surface area contributed by atoms with Gasteiger partial charge in [0.1, 0.15) is 25.9 Å². The van der Waals surface area contributed by atoms with Crippen LogP contribution in [0.15, 0.2) is 74.4 Å². The lowest BCUT2D eigenvalue weighted by Gasteiger charge is -2.15. The normalized spacial score (nSPS) is 12.8. The topological polar surface area (TPSA) is 280 Å². The minimum absolute atomic E-state index is 0.551. The van der Waals surface area contributed by atoms with E-state index in [9.17, 15) is 51.9 Å². The molecule has 0 spiro atoms.